The molecular formula is C25H24N2O3. The molecule has 1 amide bonds. The van der Waals surface area contributed by atoms with E-state index in [9.17, 15) is 10.1 Å². The van der Waals surface area contributed by atoms with Crippen LogP contribution in [0, 0.1) is 0 Å². The van der Waals surface area contributed by atoms with Crippen molar-refractivity contribution in [2.45, 2.75) is 37.5 Å². The van der Waals surface area contributed by atoms with Crippen molar-refractivity contribution in [1.29, 1.82) is 0 Å². The molecule has 0 aromatic heterocycles. The lowest BCUT2D eigenvalue weighted by Gasteiger charge is -2.40. The lowest BCUT2D eigenvalue weighted by molar-refractivity contribution is -0.272. The molecule has 1 N–H and O–H groups in total. The monoisotopic (exact) mass is 400 g/mol. The van der Waals surface area contributed by atoms with Crippen LogP contribution >= 0.6 is 0 Å². The number of benzene rings is 3. The number of nitrogens with zero attached hydrogens (tertiary/aromatic N) is 2. The van der Waals surface area contributed by atoms with Gasteiger partial charge in [-0.05, 0) is 47.2 Å². The van der Waals surface area contributed by atoms with Crippen molar-refractivity contribution in [3.63, 3.8) is 0 Å². The Kier molecular flexibility index (Phi) is 4.16. The van der Waals surface area contributed by atoms with Gasteiger partial charge >= 0.3 is 0 Å². The summed E-state index contributed by atoms with van der Waals surface area (Å²) >= 11 is 0. The summed E-state index contributed by atoms with van der Waals surface area (Å²) in [6, 6.07) is 21.4. The molecule has 3 aromatic rings. The minimum atomic E-state index is -0.902. The van der Waals surface area contributed by atoms with E-state index in [1.165, 1.54) is 21.9 Å². The number of likely N-dealkylation sites (tertiary alicyclic amines) is 1. The summed E-state index contributed by atoms with van der Waals surface area (Å²) in [7, 11) is 0. The maximum atomic E-state index is 12.9. The van der Waals surface area contributed by atoms with E-state index < -0.39 is 6.10 Å². The summed E-state index contributed by atoms with van der Waals surface area (Å²) in [6.45, 7) is 1.91. The first kappa shape index (κ1) is 18.1. The highest BCUT2D eigenvalue weighted by atomic mass is 17.1. The van der Waals surface area contributed by atoms with E-state index in [1.54, 1.807) is 0 Å². The minimum Gasteiger partial charge on any atom is -0.306 e. The van der Waals surface area contributed by atoms with Gasteiger partial charge in [0, 0.05) is 30.7 Å². The Morgan fingerprint density at radius 2 is 1.63 bits per heavy atom. The van der Waals surface area contributed by atoms with E-state index in [-0.39, 0.29) is 11.9 Å². The zero-order chi connectivity index (χ0) is 20.2. The number of anilines is 1. The molecule has 2 aliphatic heterocycles. The second-order valence-electron chi connectivity index (χ2n) is 8.60. The van der Waals surface area contributed by atoms with Gasteiger partial charge in [0.05, 0.1) is 5.69 Å². The van der Waals surface area contributed by atoms with Crippen LogP contribution in [0.15, 0.2) is 60.7 Å². The van der Waals surface area contributed by atoms with E-state index in [1.807, 2.05) is 29.2 Å². The van der Waals surface area contributed by atoms with Crippen molar-refractivity contribution in [2.24, 2.45) is 0 Å². The molecule has 0 spiro atoms. The fraction of sp³-hybridized carbons (Fsp3) is 0.320. The topological polar surface area (TPSA) is 53.0 Å². The van der Waals surface area contributed by atoms with Crippen LogP contribution in [-0.2, 0) is 16.1 Å². The van der Waals surface area contributed by atoms with Gasteiger partial charge in [0.2, 0.25) is 0 Å². The molecule has 3 aromatic carbocycles. The first-order valence-corrected chi connectivity index (χ1v) is 10.7. The summed E-state index contributed by atoms with van der Waals surface area (Å²) in [5.41, 5.74) is 4.52. The van der Waals surface area contributed by atoms with E-state index in [4.69, 9.17) is 0 Å². The van der Waals surface area contributed by atoms with Gasteiger partial charge in [0.25, 0.3) is 5.91 Å². The first-order valence-electron chi connectivity index (χ1n) is 10.7. The second-order valence-corrected chi connectivity index (χ2v) is 8.60. The molecule has 0 bridgehead atoms. The molecule has 0 radical (unpaired) electrons. The number of carbonyl (C=O) groups is 1. The SMILES string of the molecule is O=C1C(OO)c2ccccc2N1C1CCN(C2Cc3cccc4cccc2c34)CC1. The third kappa shape index (κ3) is 2.56. The molecule has 2 unspecified atom stereocenters. The molecule has 1 aliphatic carbocycles. The van der Waals surface area contributed by atoms with Crippen molar-refractivity contribution in [1.82, 2.24) is 4.90 Å². The summed E-state index contributed by atoms with van der Waals surface area (Å²) < 4.78 is 0. The predicted octanol–water partition coefficient (Wildman–Crippen LogP) is 4.48. The standard InChI is InChI=1S/C25H24N2O3/c28-25-24(30-29)20-8-1-2-10-21(20)27(25)18-11-13-26(14-12-18)22-15-17-7-3-5-16-6-4-9-19(22)23(16)17/h1-10,18,22,24,29H,11-15H2. The van der Waals surface area contributed by atoms with Crippen LogP contribution in [0.2, 0.25) is 0 Å². The first-order chi connectivity index (χ1) is 14.8. The van der Waals surface area contributed by atoms with Gasteiger partial charge in [-0.25, -0.2) is 4.89 Å². The van der Waals surface area contributed by atoms with Crippen molar-refractivity contribution in [3.05, 3.63) is 77.4 Å². The van der Waals surface area contributed by atoms with Crippen LogP contribution in [0.25, 0.3) is 10.8 Å². The maximum Gasteiger partial charge on any atom is 0.264 e. The molecular weight excluding hydrogens is 376 g/mol. The van der Waals surface area contributed by atoms with Gasteiger partial charge in [-0.1, -0.05) is 54.6 Å². The molecule has 6 rings (SSSR count). The molecule has 2 heterocycles. The Bertz CT molecular complexity index is 1130. The molecule has 152 valence electrons. The van der Waals surface area contributed by atoms with Crippen LogP contribution in [0.3, 0.4) is 0 Å². The highest BCUT2D eigenvalue weighted by molar-refractivity contribution is 6.04. The number of para-hydroxylation sites is 1. The zero-order valence-corrected chi connectivity index (χ0v) is 16.7. The number of fused-ring (bicyclic) bond motifs is 1. The third-order valence-electron chi connectivity index (χ3n) is 7.15. The summed E-state index contributed by atoms with van der Waals surface area (Å²) in [6.07, 6.45) is 2.00. The van der Waals surface area contributed by atoms with Crippen molar-refractivity contribution in [3.8, 4) is 0 Å². The Morgan fingerprint density at radius 1 is 0.900 bits per heavy atom. The number of rotatable bonds is 3. The molecule has 5 nitrogen and oxygen atoms in total. The minimum absolute atomic E-state index is 0.134. The molecule has 0 saturated carbocycles. The van der Waals surface area contributed by atoms with Gasteiger partial charge in [-0.15, -0.1) is 0 Å². The number of hydrogen-bond donors (Lipinski definition) is 1. The maximum absolute atomic E-state index is 12.9. The molecule has 1 saturated heterocycles. The van der Waals surface area contributed by atoms with E-state index in [0.29, 0.717) is 6.04 Å². The highest BCUT2D eigenvalue weighted by Gasteiger charge is 2.43. The van der Waals surface area contributed by atoms with Gasteiger partial charge in [-0.3, -0.25) is 15.0 Å². The molecule has 5 heteroatoms. The summed E-state index contributed by atoms with van der Waals surface area (Å²) in [5, 5.41) is 12.0. The van der Waals surface area contributed by atoms with Crippen molar-refractivity contribution < 1.29 is 14.9 Å². The Balaban J connectivity index is 1.23. The van der Waals surface area contributed by atoms with Crippen LogP contribution in [-0.4, -0.2) is 35.2 Å². The Hall–Kier alpha value is -2.73. The van der Waals surface area contributed by atoms with Gasteiger partial charge in [0.15, 0.2) is 6.10 Å². The molecule has 1 fully saturated rings. The molecule has 3 aliphatic rings. The third-order valence-corrected chi connectivity index (χ3v) is 7.15. The van der Waals surface area contributed by atoms with Gasteiger partial charge in [0.1, 0.15) is 0 Å². The van der Waals surface area contributed by atoms with Crippen LogP contribution in [0.4, 0.5) is 5.69 Å². The predicted molar refractivity (Wildman–Crippen MR) is 115 cm³/mol. The zero-order valence-electron chi connectivity index (χ0n) is 16.7. The van der Waals surface area contributed by atoms with Crippen LogP contribution in [0.1, 0.15) is 41.7 Å². The van der Waals surface area contributed by atoms with Gasteiger partial charge in [-0.2, -0.15) is 0 Å². The fourth-order valence-corrected chi connectivity index (χ4v) is 5.78. The number of hydrogen-bond acceptors (Lipinski definition) is 4. The van der Waals surface area contributed by atoms with E-state index >= 15 is 0 Å². The second kappa shape index (κ2) is 6.91. The van der Waals surface area contributed by atoms with Crippen LogP contribution < -0.4 is 4.90 Å². The normalized spacial score (nSPS) is 24.0. The van der Waals surface area contributed by atoms with Gasteiger partial charge < -0.3 is 4.90 Å². The van der Waals surface area contributed by atoms with E-state index in [0.717, 1.165) is 43.6 Å². The van der Waals surface area contributed by atoms with Crippen molar-refractivity contribution >= 4 is 22.4 Å². The van der Waals surface area contributed by atoms with E-state index in [2.05, 4.69) is 46.2 Å². The lowest BCUT2D eigenvalue weighted by atomic mass is 9.98. The summed E-state index contributed by atoms with van der Waals surface area (Å²) in [4.78, 5) is 21.9. The lowest BCUT2D eigenvalue weighted by Crippen LogP contribution is -2.47. The smallest absolute Gasteiger partial charge is 0.264 e. The quantitative estimate of drug-likeness (QED) is 0.520. The number of amides is 1. The van der Waals surface area contributed by atoms with Crippen molar-refractivity contribution in [2.75, 3.05) is 18.0 Å². The number of piperidine rings is 1. The molecule has 2 atom stereocenters. The largest absolute Gasteiger partial charge is 0.306 e. The Morgan fingerprint density at radius 3 is 2.43 bits per heavy atom. The Labute approximate surface area is 175 Å². The molecule has 30 heavy (non-hydrogen) atoms. The number of carbonyl (C=O) groups excluding carboxylic acids is 1. The summed E-state index contributed by atoms with van der Waals surface area (Å²) in [5.74, 6) is -0.157. The average molecular weight is 400 g/mol. The highest BCUT2D eigenvalue weighted by Crippen LogP contribution is 2.43. The fourth-order valence-electron chi connectivity index (χ4n) is 5.78. The van der Waals surface area contributed by atoms with Crippen LogP contribution in [0.5, 0.6) is 0 Å². The average Bonchev–Trinajstić information content (AvgIpc) is 3.30.